The summed E-state index contributed by atoms with van der Waals surface area (Å²) in [6.45, 7) is 5.30. The molecule has 1 rings (SSSR count). The standard InChI is InChI=1S/C17H29NO3/c1-4-5-6-7-11-21-17-13-16(20-3)9-8-15(17)14-18-10-12-19-2/h8-9,13,18H,4-7,10-12,14H2,1-3H3. The molecule has 1 N–H and O–H groups in total. The van der Waals surface area contributed by atoms with Crippen LogP contribution in [0.3, 0.4) is 0 Å². The van der Waals surface area contributed by atoms with Crippen LogP contribution in [0.15, 0.2) is 18.2 Å². The fourth-order valence-electron chi connectivity index (χ4n) is 2.05. The van der Waals surface area contributed by atoms with Gasteiger partial charge in [0.2, 0.25) is 0 Å². The summed E-state index contributed by atoms with van der Waals surface area (Å²) < 4.78 is 16.2. The summed E-state index contributed by atoms with van der Waals surface area (Å²) in [4.78, 5) is 0. The van der Waals surface area contributed by atoms with E-state index in [1.54, 1.807) is 14.2 Å². The first-order chi connectivity index (χ1) is 10.3. The van der Waals surface area contributed by atoms with E-state index in [0.717, 1.165) is 43.2 Å². The Labute approximate surface area is 128 Å². The van der Waals surface area contributed by atoms with Crippen LogP contribution in [-0.2, 0) is 11.3 Å². The molecule has 0 fully saturated rings. The van der Waals surface area contributed by atoms with Crippen LogP contribution in [0.4, 0.5) is 0 Å². The first-order valence-electron chi connectivity index (χ1n) is 7.81. The minimum Gasteiger partial charge on any atom is -0.497 e. The van der Waals surface area contributed by atoms with Crippen molar-refractivity contribution in [1.29, 1.82) is 0 Å². The van der Waals surface area contributed by atoms with Gasteiger partial charge in [-0.3, -0.25) is 0 Å². The van der Waals surface area contributed by atoms with E-state index in [1.165, 1.54) is 19.3 Å². The first kappa shape index (κ1) is 17.8. The van der Waals surface area contributed by atoms with Crippen LogP contribution in [0.5, 0.6) is 11.5 Å². The minimum atomic E-state index is 0.712. The molecule has 1 aromatic carbocycles. The molecule has 0 aliphatic rings. The summed E-state index contributed by atoms with van der Waals surface area (Å²) in [5, 5.41) is 3.35. The van der Waals surface area contributed by atoms with Crippen molar-refractivity contribution in [3.05, 3.63) is 23.8 Å². The van der Waals surface area contributed by atoms with Crippen molar-refractivity contribution < 1.29 is 14.2 Å². The van der Waals surface area contributed by atoms with Gasteiger partial charge in [-0.2, -0.15) is 0 Å². The summed E-state index contributed by atoms with van der Waals surface area (Å²) in [6.07, 6.45) is 4.84. The maximum Gasteiger partial charge on any atom is 0.127 e. The van der Waals surface area contributed by atoms with E-state index in [2.05, 4.69) is 18.3 Å². The Morgan fingerprint density at radius 3 is 2.62 bits per heavy atom. The lowest BCUT2D eigenvalue weighted by Gasteiger charge is -2.13. The van der Waals surface area contributed by atoms with Gasteiger partial charge in [0.15, 0.2) is 0 Å². The second-order valence-corrected chi connectivity index (χ2v) is 5.05. The van der Waals surface area contributed by atoms with E-state index in [4.69, 9.17) is 14.2 Å². The highest BCUT2D eigenvalue weighted by atomic mass is 16.5. The Kier molecular flexibility index (Phi) is 9.66. The van der Waals surface area contributed by atoms with Gasteiger partial charge in [-0.05, 0) is 12.5 Å². The molecule has 0 aliphatic carbocycles. The lowest BCUT2D eigenvalue weighted by Crippen LogP contribution is -2.19. The molecule has 4 nitrogen and oxygen atoms in total. The van der Waals surface area contributed by atoms with Gasteiger partial charge >= 0.3 is 0 Å². The zero-order chi connectivity index (χ0) is 15.3. The van der Waals surface area contributed by atoms with Gasteiger partial charge in [-0.1, -0.05) is 32.3 Å². The Hall–Kier alpha value is -1.26. The minimum absolute atomic E-state index is 0.712. The van der Waals surface area contributed by atoms with Gasteiger partial charge in [0.1, 0.15) is 11.5 Å². The third-order valence-corrected chi connectivity index (χ3v) is 3.33. The average molecular weight is 295 g/mol. The normalized spacial score (nSPS) is 10.6. The third kappa shape index (κ3) is 7.34. The van der Waals surface area contributed by atoms with E-state index < -0.39 is 0 Å². The highest BCUT2D eigenvalue weighted by molar-refractivity contribution is 5.40. The Morgan fingerprint density at radius 1 is 1.05 bits per heavy atom. The van der Waals surface area contributed by atoms with Gasteiger partial charge in [0.05, 0.1) is 20.3 Å². The summed E-state index contributed by atoms with van der Waals surface area (Å²) in [5.41, 5.74) is 1.15. The van der Waals surface area contributed by atoms with Crippen LogP contribution >= 0.6 is 0 Å². The van der Waals surface area contributed by atoms with E-state index in [1.807, 2.05) is 12.1 Å². The number of benzene rings is 1. The fraction of sp³-hybridized carbons (Fsp3) is 0.647. The second kappa shape index (κ2) is 11.4. The van der Waals surface area contributed by atoms with Crippen LogP contribution in [0.25, 0.3) is 0 Å². The van der Waals surface area contributed by atoms with Crippen molar-refractivity contribution in [2.75, 3.05) is 34.0 Å². The summed E-state index contributed by atoms with van der Waals surface area (Å²) in [5.74, 6) is 1.75. The van der Waals surface area contributed by atoms with E-state index in [0.29, 0.717) is 6.61 Å². The smallest absolute Gasteiger partial charge is 0.127 e. The molecule has 0 saturated carbocycles. The monoisotopic (exact) mass is 295 g/mol. The molecule has 21 heavy (non-hydrogen) atoms. The second-order valence-electron chi connectivity index (χ2n) is 5.05. The third-order valence-electron chi connectivity index (χ3n) is 3.33. The molecular weight excluding hydrogens is 266 g/mol. The zero-order valence-corrected chi connectivity index (χ0v) is 13.6. The predicted octanol–water partition coefficient (Wildman–Crippen LogP) is 3.39. The van der Waals surface area contributed by atoms with Crippen LogP contribution in [0.1, 0.15) is 38.2 Å². The molecule has 0 heterocycles. The molecular formula is C17H29NO3. The fourth-order valence-corrected chi connectivity index (χ4v) is 2.05. The van der Waals surface area contributed by atoms with E-state index in [9.17, 15) is 0 Å². The number of unbranched alkanes of at least 4 members (excludes halogenated alkanes) is 3. The number of hydrogen-bond acceptors (Lipinski definition) is 4. The van der Waals surface area contributed by atoms with Crippen LogP contribution < -0.4 is 14.8 Å². The molecule has 0 spiro atoms. The highest BCUT2D eigenvalue weighted by Crippen LogP contribution is 2.25. The number of nitrogens with one attached hydrogen (secondary N) is 1. The summed E-state index contributed by atoms with van der Waals surface area (Å²) in [7, 11) is 3.39. The van der Waals surface area contributed by atoms with E-state index in [-0.39, 0.29) is 0 Å². The van der Waals surface area contributed by atoms with Crippen molar-refractivity contribution in [1.82, 2.24) is 5.32 Å². The topological polar surface area (TPSA) is 39.7 Å². The Morgan fingerprint density at radius 2 is 1.90 bits per heavy atom. The molecule has 0 atom stereocenters. The number of methoxy groups -OCH3 is 2. The van der Waals surface area contributed by atoms with Crippen molar-refractivity contribution in [3.8, 4) is 11.5 Å². The SMILES string of the molecule is CCCCCCOc1cc(OC)ccc1CNCCOC. The maximum absolute atomic E-state index is 5.93. The van der Waals surface area contributed by atoms with Crippen molar-refractivity contribution >= 4 is 0 Å². The highest BCUT2D eigenvalue weighted by Gasteiger charge is 2.06. The molecule has 0 radical (unpaired) electrons. The lowest BCUT2D eigenvalue weighted by atomic mass is 10.2. The number of rotatable bonds is 12. The van der Waals surface area contributed by atoms with Gasteiger partial charge in [0.25, 0.3) is 0 Å². The molecule has 0 bridgehead atoms. The number of ether oxygens (including phenoxy) is 3. The molecule has 0 aliphatic heterocycles. The van der Waals surface area contributed by atoms with Crippen molar-refractivity contribution in [2.45, 2.75) is 39.2 Å². The largest absolute Gasteiger partial charge is 0.497 e. The molecule has 0 saturated heterocycles. The lowest BCUT2D eigenvalue weighted by molar-refractivity contribution is 0.199. The average Bonchev–Trinajstić information content (AvgIpc) is 2.52. The maximum atomic E-state index is 5.93. The molecule has 0 amide bonds. The number of hydrogen-bond donors (Lipinski definition) is 1. The predicted molar refractivity (Wildman–Crippen MR) is 86.2 cm³/mol. The van der Waals surface area contributed by atoms with E-state index >= 15 is 0 Å². The molecule has 4 heteroatoms. The van der Waals surface area contributed by atoms with Crippen LogP contribution in [-0.4, -0.2) is 34.0 Å². The molecule has 120 valence electrons. The first-order valence-corrected chi connectivity index (χ1v) is 7.81. The molecule has 0 aromatic heterocycles. The van der Waals surface area contributed by atoms with Crippen LogP contribution in [0, 0.1) is 0 Å². The van der Waals surface area contributed by atoms with Crippen molar-refractivity contribution in [2.24, 2.45) is 0 Å². The van der Waals surface area contributed by atoms with Gasteiger partial charge < -0.3 is 19.5 Å². The van der Waals surface area contributed by atoms with Gasteiger partial charge in [-0.25, -0.2) is 0 Å². The molecule has 0 unspecified atom stereocenters. The van der Waals surface area contributed by atoms with Gasteiger partial charge in [0, 0.05) is 31.8 Å². The van der Waals surface area contributed by atoms with Crippen molar-refractivity contribution in [3.63, 3.8) is 0 Å². The Balaban J connectivity index is 2.51. The summed E-state index contributed by atoms with van der Waals surface area (Å²) >= 11 is 0. The zero-order valence-electron chi connectivity index (χ0n) is 13.6. The van der Waals surface area contributed by atoms with Gasteiger partial charge in [-0.15, -0.1) is 0 Å². The quantitative estimate of drug-likeness (QED) is 0.600. The molecule has 1 aromatic rings. The van der Waals surface area contributed by atoms with Crippen LogP contribution in [0.2, 0.25) is 0 Å². The summed E-state index contributed by atoms with van der Waals surface area (Å²) in [6, 6.07) is 5.99. The Bertz CT molecular complexity index is 382.